The molecule has 0 radical (unpaired) electrons. The smallest absolute Gasteiger partial charge is 0.254 e. The van der Waals surface area contributed by atoms with Crippen molar-refractivity contribution in [3.63, 3.8) is 0 Å². The molecule has 18 heavy (non-hydrogen) atoms. The Balaban J connectivity index is 1.99. The third-order valence-corrected chi connectivity index (χ3v) is 3.07. The molecule has 1 aromatic carbocycles. The second-order valence-electron chi connectivity index (χ2n) is 4.44. The number of aryl methyl sites for hydroxylation is 1. The molecule has 0 saturated heterocycles. The van der Waals surface area contributed by atoms with Crippen molar-refractivity contribution >= 4 is 5.91 Å². The largest absolute Gasteiger partial charge is 0.348 e. The van der Waals surface area contributed by atoms with Crippen LogP contribution < -0.4 is 10.6 Å². The molecule has 0 bridgehead atoms. The quantitative estimate of drug-likeness (QED) is 0.801. The maximum atomic E-state index is 13.7. The molecule has 0 atom stereocenters. The van der Waals surface area contributed by atoms with Crippen molar-refractivity contribution in [2.45, 2.75) is 13.3 Å². The highest BCUT2D eigenvalue weighted by Crippen LogP contribution is 2.12. The first-order valence-corrected chi connectivity index (χ1v) is 6.10. The van der Waals surface area contributed by atoms with E-state index < -0.39 is 5.82 Å². The van der Waals surface area contributed by atoms with Gasteiger partial charge in [0.2, 0.25) is 0 Å². The number of nitrogens with one attached hydrogen (secondary N) is 2. The number of rotatable bonds is 3. The second kappa shape index (κ2) is 5.78. The number of halogens is 1. The average Bonchev–Trinajstić information content (AvgIpc) is 2.40. The summed E-state index contributed by atoms with van der Waals surface area (Å²) < 4.78 is 13.7. The summed E-state index contributed by atoms with van der Waals surface area (Å²) in [5.74, 6) is -0.787. The lowest BCUT2D eigenvalue weighted by Crippen LogP contribution is -2.30. The van der Waals surface area contributed by atoms with Crippen LogP contribution in [0.4, 0.5) is 4.39 Å². The molecule has 1 aliphatic heterocycles. The van der Waals surface area contributed by atoms with Gasteiger partial charge < -0.3 is 10.6 Å². The van der Waals surface area contributed by atoms with E-state index in [9.17, 15) is 9.18 Å². The van der Waals surface area contributed by atoms with Crippen LogP contribution >= 0.6 is 0 Å². The van der Waals surface area contributed by atoms with Gasteiger partial charge in [-0.15, -0.1) is 0 Å². The van der Waals surface area contributed by atoms with E-state index in [2.05, 4.69) is 16.7 Å². The Kier molecular flexibility index (Phi) is 4.10. The second-order valence-corrected chi connectivity index (χ2v) is 4.44. The summed E-state index contributed by atoms with van der Waals surface area (Å²) in [7, 11) is 0. The van der Waals surface area contributed by atoms with E-state index in [-0.39, 0.29) is 11.5 Å². The number of hydrogen-bond acceptors (Lipinski definition) is 2. The van der Waals surface area contributed by atoms with Gasteiger partial charge in [-0.3, -0.25) is 4.79 Å². The minimum atomic E-state index is -0.436. The van der Waals surface area contributed by atoms with Gasteiger partial charge in [0.05, 0.1) is 5.56 Å². The molecule has 1 amide bonds. The number of amides is 1. The van der Waals surface area contributed by atoms with Crippen molar-refractivity contribution in [2.75, 3.05) is 19.6 Å². The predicted molar refractivity (Wildman–Crippen MR) is 69.0 cm³/mol. The van der Waals surface area contributed by atoms with Crippen molar-refractivity contribution < 1.29 is 9.18 Å². The Labute approximate surface area is 106 Å². The zero-order valence-electron chi connectivity index (χ0n) is 10.4. The summed E-state index contributed by atoms with van der Waals surface area (Å²) in [6.45, 7) is 3.92. The molecule has 0 aliphatic carbocycles. The van der Waals surface area contributed by atoms with Gasteiger partial charge in [0.1, 0.15) is 5.82 Å². The standard InChI is InChI=1S/C14H17FN2O/c1-10-3-2-4-12(13(10)15)14(18)17-9-11-5-7-16-8-6-11/h2-5,16H,6-9H2,1H3,(H,17,18). The number of hydrogen-bond donors (Lipinski definition) is 2. The maximum Gasteiger partial charge on any atom is 0.254 e. The molecule has 0 fully saturated rings. The minimum Gasteiger partial charge on any atom is -0.348 e. The lowest BCUT2D eigenvalue weighted by Gasteiger charge is -2.14. The first-order valence-electron chi connectivity index (χ1n) is 6.10. The van der Waals surface area contributed by atoms with E-state index in [1.165, 1.54) is 11.6 Å². The van der Waals surface area contributed by atoms with Crippen LogP contribution in [0, 0.1) is 12.7 Å². The number of carbonyl (C=O) groups is 1. The van der Waals surface area contributed by atoms with Crippen LogP contribution in [0.25, 0.3) is 0 Å². The van der Waals surface area contributed by atoms with E-state index in [1.807, 2.05) is 0 Å². The average molecular weight is 248 g/mol. The molecule has 1 aliphatic rings. The fraction of sp³-hybridized carbons (Fsp3) is 0.357. The summed E-state index contributed by atoms with van der Waals surface area (Å²) in [4.78, 5) is 11.9. The summed E-state index contributed by atoms with van der Waals surface area (Å²) in [6.07, 6.45) is 2.99. The highest BCUT2D eigenvalue weighted by molar-refractivity contribution is 5.94. The number of carbonyl (C=O) groups excluding carboxylic acids is 1. The molecule has 2 rings (SSSR count). The van der Waals surface area contributed by atoms with Crippen LogP contribution in [-0.2, 0) is 0 Å². The van der Waals surface area contributed by atoms with E-state index in [0.717, 1.165) is 19.5 Å². The van der Waals surface area contributed by atoms with Crippen molar-refractivity contribution in [2.24, 2.45) is 0 Å². The highest BCUT2D eigenvalue weighted by atomic mass is 19.1. The highest BCUT2D eigenvalue weighted by Gasteiger charge is 2.13. The van der Waals surface area contributed by atoms with Gasteiger partial charge in [0, 0.05) is 13.1 Å². The van der Waals surface area contributed by atoms with Gasteiger partial charge in [-0.05, 0) is 31.5 Å². The molecule has 0 saturated carbocycles. The Morgan fingerprint density at radius 2 is 2.33 bits per heavy atom. The predicted octanol–water partition coefficient (Wildman–Crippen LogP) is 1.78. The third-order valence-electron chi connectivity index (χ3n) is 3.07. The minimum absolute atomic E-state index is 0.115. The summed E-state index contributed by atoms with van der Waals surface area (Å²) >= 11 is 0. The van der Waals surface area contributed by atoms with Gasteiger partial charge >= 0.3 is 0 Å². The van der Waals surface area contributed by atoms with Gasteiger partial charge in [0.25, 0.3) is 5.91 Å². The van der Waals surface area contributed by atoms with Crippen LogP contribution in [0.3, 0.4) is 0 Å². The molecule has 0 aromatic heterocycles. The lowest BCUT2D eigenvalue weighted by molar-refractivity contribution is 0.0952. The monoisotopic (exact) mass is 248 g/mol. The zero-order chi connectivity index (χ0) is 13.0. The molecular formula is C14H17FN2O. The summed E-state index contributed by atoms with van der Waals surface area (Å²) in [6, 6.07) is 4.85. The van der Waals surface area contributed by atoms with E-state index >= 15 is 0 Å². The Morgan fingerprint density at radius 3 is 3.06 bits per heavy atom. The van der Waals surface area contributed by atoms with Crippen molar-refractivity contribution in [1.82, 2.24) is 10.6 Å². The summed E-state index contributed by atoms with van der Waals surface area (Å²) in [5, 5.41) is 5.96. The molecule has 0 unspecified atom stereocenters. The Morgan fingerprint density at radius 1 is 1.50 bits per heavy atom. The van der Waals surface area contributed by atoms with E-state index in [1.54, 1.807) is 19.1 Å². The van der Waals surface area contributed by atoms with Gasteiger partial charge in [0.15, 0.2) is 0 Å². The molecule has 4 heteroatoms. The van der Waals surface area contributed by atoms with Crippen LogP contribution in [0.15, 0.2) is 29.8 Å². The van der Waals surface area contributed by atoms with Gasteiger partial charge in [-0.2, -0.15) is 0 Å². The Bertz CT molecular complexity index is 483. The van der Waals surface area contributed by atoms with Crippen molar-refractivity contribution in [1.29, 1.82) is 0 Å². The van der Waals surface area contributed by atoms with Gasteiger partial charge in [-0.1, -0.05) is 23.8 Å². The molecule has 1 aromatic rings. The first kappa shape index (κ1) is 12.8. The topological polar surface area (TPSA) is 41.1 Å². The zero-order valence-corrected chi connectivity index (χ0v) is 10.4. The van der Waals surface area contributed by atoms with Crippen molar-refractivity contribution in [3.8, 4) is 0 Å². The molecule has 96 valence electrons. The Hall–Kier alpha value is -1.68. The van der Waals surface area contributed by atoms with Crippen molar-refractivity contribution in [3.05, 3.63) is 46.8 Å². The molecule has 1 heterocycles. The van der Waals surface area contributed by atoms with Gasteiger partial charge in [-0.25, -0.2) is 4.39 Å². The maximum absolute atomic E-state index is 13.7. The van der Waals surface area contributed by atoms with Crippen LogP contribution in [0.1, 0.15) is 22.3 Å². The van der Waals surface area contributed by atoms with Crippen LogP contribution in [-0.4, -0.2) is 25.5 Å². The van der Waals surface area contributed by atoms with Crippen LogP contribution in [0.2, 0.25) is 0 Å². The first-order chi connectivity index (χ1) is 8.68. The molecule has 2 N–H and O–H groups in total. The summed E-state index contributed by atoms with van der Waals surface area (Å²) in [5.41, 5.74) is 1.79. The molecular weight excluding hydrogens is 231 g/mol. The number of benzene rings is 1. The normalized spacial score (nSPS) is 15.1. The lowest BCUT2D eigenvalue weighted by atomic mass is 10.1. The van der Waals surface area contributed by atoms with E-state index in [4.69, 9.17) is 0 Å². The molecule has 0 spiro atoms. The van der Waals surface area contributed by atoms with E-state index in [0.29, 0.717) is 12.1 Å². The molecule has 3 nitrogen and oxygen atoms in total. The SMILES string of the molecule is Cc1cccc(C(=O)NCC2=CCNCC2)c1F. The fourth-order valence-electron chi connectivity index (χ4n) is 1.94. The van der Waals surface area contributed by atoms with Crippen LogP contribution in [0.5, 0.6) is 0 Å². The fourth-order valence-corrected chi connectivity index (χ4v) is 1.94. The third kappa shape index (κ3) is 2.96.